The van der Waals surface area contributed by atoms with Crippen LogP contribution < -0.4 is 34.7 Å². The molecule has 0 aliphatic rings. The smallest absolute Gasteiger partial charge is 0.872 e. The Hall–Kier alpha value is -0.510. The number of carboxylic acid groups (broad SMARTS) is 1. The molecule has 0 radical (unpaired) electrons. The maximum Gasteiger partial charge on any atom is 1.00 e. The maximum absolute atomic E-state index is 11.7. The Kier molecular flexibility index (Phi) is 10.9. The molecule has 0 saturated carbocycles. The van der Waals surface area contributed by atoms with E-state index >= 15 is 0 Å². The van der Waals surface area contributed by atoms with Gasteiger partial charge in [0.25, 0.3) is 0 Å². The molecule has 1 aromatic rings. The summed E-state index contributed by atoms with van der Waals surface area (Å²) in [6.45, 7) is 2.20. The molecule has 1 rings (SSSR count). The molecular formula is C16H23NaO3. The first-order valence-electron chi connectivity index (χ1n) is 7.18. The minimum atomic E-state index is -1.04. The fourth-order valence-electron chi connectivity index (χ4n) is 2.17. The summed E-state index contributed by atoms with van der Waals surface area (Å²) in [6.07, 6.45) is 9.27. The molecule has 0 aliphatic carbocycles. The third-order valence-electron chi connectivity index (χ3n) is 3.36. The van der Waals surface area contributed by atoms with E-state index in [0.29, 0.717) is 0 Å². The van der Waals surface area contributed by atoms with Gasteiger partial charge in [0.1, 0.15) is 0 Å². The number of hydrogen-bond donors (Lipinski definition) is 1. The molecule has 0 fully saturated rings. The van der Waals surface area contributed by atoms with Crippen LogP contribution in [0.25, 0.3) is 0 Å². The van der Waals surface area contributed by atoms with Crippen LogP contribution in [-0.4, -0.2) is 11.1 Å². The molecule has 4 heteroatoms. The first-order chi connectivity index (χ1) is 9.15. The van der Waals surface area contributed by atoms with Crippen molar-refractivity contribution >= 4 is 5.97 Å². The summed E-state index contributed by atoms with van der Waals surface area (Å²) in [5, 5.41) is 20.5. The Morgan fingerprint density at radius 1 is 1.10 bits per heavy atom. The molecule has 0 heterocycles. The van der Waals surface area contributed by atoms with E-state index in [-0.39, 0.29) is 40.9 Å². The van der Waals surface area contributed by atoms with Crippen LogP contribution in [0.1, 0.15) is 67.8 Å². The molecule has 0 saturated heterocycles. The molecule has 106 valence electrons. The van der Waals surface area contributed by atoms with Crippen molar-refractivity contribution in [1.29, 1.82) is 0 Å². The molecule has 0 aliphatic heterocycles. The molecule has 0 atom stereocenters. The minimum Gasteiger partial charge on any atom is -0.872 e. The first kappa shape index (κ1) is 19.5. The monoisotopic (exact) mass is 286 g/mol. The largest absolute Gasteiger partial charge is 1.00 e. The summed E-state index contributed by atoms with van der Waals surface area (Å²) < 4.78 is 0. The Bertz CT molecular complexity index is 405. The Balaban J connectivity index is 0.00000361. The number of aromatic carboxylic acids is 1. The van der Waals surface area contributed by atoms with Crippen molar-refractivity contribution < 1.29 is 44.6 Å². The standard InChI is InChI=1S/C16H24O3.Na/c1-2-3-4-5-6-7-8-9-13-10-11-14(16(18)19)12-15(13)17;/h10-12,17H,2-9H2,1H3,(H,18,19);/q;+1/p-1. The fourth-order valence-corrected chi connectivity index (χ4v) is 2.17. The second kappa shape index (κ2) is 11.2. The van der Waals surface area contributed by atoms with Gasteiger partial charge in [-0.2, -0.15) is 0 Å². The van der Waals surface area contributed by atoms with Crippen LogP contribution in [0.2, 0.25) is 0 Å². The summed E-state index contributed by atoms with van der Waals surface area (Å²) in [6, 6.07) is 4.39. The second-order valence-corrected chi connectivity index (χ2v) is 5.00. The summed E-state index contributed by atoms with van der Waals surface area (Å²) in [4.78, 5) is 10.7. The molecule has 1 aromatic carbocycles. The summed E-state index contributed by atoms with van der Waals surface area (Å²) >= 11 is 0. The predicted octanol–water partition coefficient (Wildman–Crippen LogP) is 0.756. The molecule has 20 heavy (non-hydrogen) atoms. The van der Waals surface area contributed by atoms with Crippen LogP contribution in [0.5, 0.6) is 5.75 Å². The number of aryl methyl sites for hydroxylation is 1. The first-order valence-corrected chi connectivity index (χ1v) is 7.18. The third-order valence-corrected chi connectivity index (χ3v) is 3.36. The van der Waals surface area contributed by atoms with Crippen LogP contribution in [0, 0.1) is 0 Å². The molecule has 1 N–H and O–H groups in total. The summed E-state index contributed by atoms with van der Waals surface area (Å²) in [5.74, 6) is -1.19. The molecular weight excluding hydrogens is 263 g/mol. The van der Waals surface area contributed by atoms with Crippen LogP contribution in [-0.2, 0) is 6.42 Å². The van der Waals surface area contributed by atoms with Gasteiger partial charge < -0.3 is 10.2 Å². The van der Waals surface area contributed by atoms with Gasteiger partial charge in [0.15, 0.2) is 0 Å². The molecule has 0 amide bonds. The zero-order valence-corrected chi connectivity index (χ0v) is 14.7. The van der Waals surface area contributed by atoms with Crippen molar-refractivity contribution in [3.05, 3.63) is 29.3 Å². The van der Waals surface area contributed by atoms with Gasteiger partial charge in [-0.15, -0.1) is 5.75 Å². The fraction of sp³-hybridized carbons (Fsp3) is 0.562. The van der Waals surface area contributed by atoms with Gasteiger partial charge in [0.05, 0.1) is 5.56 Å². The zero-order chi connectivity index (χ0) is 14.1. The van der Waals surface area contributed by atoms with E-state index in [9.17, 15) is 9.90 Å². The number of benzene rings is 1. The van der Waals surface area contributed by atoms with Gasteiger partial charge in [0.2, 0.25) is 0 Å². The topological polar surface area (TPSA) is 60.4 Å². The zero-order valence-electron chi connectivity index (χ0n) is 12.7. The number of hydrogen-bond acceptors (Lipinski definition) is 2. The van der Waals surface area contributed by atoms with Gasteiger partial charge in [0, 0.05) is 0 Å². The normalized spacial score (nSPS) is 10.1. The van der Waals surface area contributed by atoms with Crippen LogP contribution in [0.4, 0.5) is 0 Å². The second-order valence-electron chi connectivity index (χ2n) is 5.00. The average Bonchev–Trinajstić information content (AvgIpc) is 2.39. The Morgan fingerprint density at radius 3 is 2.25 bits per heavy atom. The van der Waals surface area contributed by atoms with Crippen molar-refractivity contribution in [3.8, 4) is 5.75 Å². The van der Waals surface area contributed by atoms with Crippen molar-refractivity contribution in [2.45, 2.75) is 58.3 Å². The van der Waals surface area contributed by atoms with E-state index in [1.807, 2.05) is 0 Å². The molecule has 0 spiro atoms. The molecule has 3 nitrogen and oxygen atoms in total. The van der Waals surface area contributed by atoms with E-state index < -0.39 is 5.97 Å². The van der Waals surface area contributed by atoms with E-state index in [4.69, 9.17) is 5.11 Å². The number of unbranched alkanes of at least 4 members (excludes halogenated alkanes) is 6. The van der Waals surface area contributed by atoms with E-state index in [1.54, 1.807) is 6.07 Å². The van der Waals surface area contributed by atoms with E-state index in [1.165, 1.54) is 44.2 Å². The van der Waals surface area contributed by atoms with E-state index in [2.05, 4.69) is 6.92 Å². The van der Waals surface area contributed by atoms with Gasteiger partial charge in [-0.05, 0) is 18.9 Å². The summed E-state index contributed by atoms with van der Waals surface area (Å²) in [7, 11) is 0. The molecule has 0 bridgehead atoms. The average molecular weight is 286 g/mol. The van der Waals surface area contributed by atoms with Gasteiger partial charge in [-0.25, -0.2) is 4.79 Å². The quantitative estimate of drug-likeness (QED) is 0.538. The predicted molar refractivity (Wildman–Crippen MR) is 74.5 cm³/mol. The van der Waals surface area contributed by atoms with Gasteiger partial charge in [-0.3, -0.25) is 0 Å². The third kappa shape index (κ3) is 7.32. The molecule has 0 aromatic heterocycles. The van der Waals surface area contributed by atoms with Crippen molar-refractivity contribution in [1.82, 2.24) is 0 Å². The number of rotatable bonds is 9. The SMILES string of the molecule is CCCCCCCCCc1ccc(C(=O)O)cc1[O-].[Na+]. The number of carboxylic acids is 1. The van der Waals surface area contributed by atoms with Crippen molar-refractivity contribution in [2.24, 2.45) is 0 Å². The maximum atomic E-state index is 11.7. The van der Waals surface area contributed by atoms with Crippen LogP contribution >= 0.6 is 0 Å². The van der Waals surface area contributed by atoms with Crippen LogP contribution in [0.15, 0.2) is 18.2 Å². The Morgan fingerprint density at radius 2 is 1.70 bits per heavy atom. The number of carbonyl (C=O) groups is 1. The van der Waals surface area contributed by atoms with Gasteiger partial charge in [-0.1, -0.05) is 63.1 Å². The molecule has 0 unspecified atom stereocenters. The van der Waals surface area contributed by atoms with Gasteiger partial charge >= 0.3 is 35.5 Å². The Labute approximate surface area is 143 Å². The van der Waals surface area contributed by atoms with E-state index in [0.717, 1.165) is 24.8 Å². The summed E-state index contributed by atoms with van der Waals surface area (Å²) in [5.41, 5.74) is 0.812. The minimum absolute atomic E-state index is 0. The van der Waals surface area contributed by atoms with Crippen molar-refractivity contribution in [2.75, 3.05) is 0 Å². The van der Waals surface area contributed by atoms with Crippen LogP contribution in [0.3, 0.4) is 0 Å². The van der Waals surface area contributed by atoms with Crippen molar-refractivity contribution in [3.63, 3.8) is 0 Å².